The van der Waals surface area contributed by atoms with E-state index in [0.717, 1.165) is 0 Å². The van der Waals surface area contributed by atoms with Gasteiger partial charge in [-0.1, -0.05) is 0 Å². The van der Waals surface area contributed by atoms with Crippen molar-refractivity contribution in [2.75, 3.05) is 14.2 Å². The molecule has 0 fully saturated rings. The summed E-state index contributed by atoms with van der Waals surface area (Å²) in [5.41, 5.74) is 1.03. The van der Waals surface area contributed by atoms with Crippen molar-refractivity contribution < 1.29 is 23.9 Å². The number of aryl methyl sites for hydroxylation is 1. The summed E-state index contributed by atoms with van der Waals surface area (Å²) >= 11 is 0. The van der Waals surface area contributed by atoms with Crippen molar-refractivity contribution in [1.82, 2.24) is 0 Å². The van der Waals surface area contributed by atoms with E-state index in [1.54, 1.807) is 6.92 Å². The van der Waals surface area contributed by atoms with Gasteiger partial charge in [-0.3, -0.25) is 4.79 Å². The lowest BCUT2D eigenvalue weighted by molar-refractivity contribution is 0.0555. The van der Waals surface area contributed by atoms with Crippen LogP contribution in [0.5, 0.6) is 0 Å². The third kappa shape index (κ3) is 2.50. The molecule has 0 aliphatic heterocycles. The van der Waals surface area contributed by atoms with Gasteiger partial charge in [0.2, 0.25) is 0 Å². The minimum Gasteiger partial charge on any atom is -0.465 e. The number of hydrogen-bond donors (Lipinski definition) is 0. The lowest BCUT2D eigenvalue weighted by atomic mass is 9.99. The molecule has 0 spiro atoms. The standard InChI is InChI=1S/C12H12O5/c1-7-4-9(11(14)16-2)10(12(15)17-3)5-8(7)6-13/h4-6H,1-3H3. The molecule has 5 nitrogen and oxygen atoms in total. The Balaban J connectivity index is 3.46. The molecule has 0 saturated carbocycles. The Morgan fingerprint density at radius 2 is 1.53 bits per heavy atom. The minimum absolute atomic E-state index is 0.0204. The molecular weight excluding hydrogens is 224 g/mol. The smallest absolute Gasteiger partial charge is 0.338 e. The number of hydrogen-bond acceptors (Lipinski definition) is 5. The van der Waals surface area contributed by atoms with Crippen molar-refractivity contribution in [2.45, 2.75) is 6.92 Å². The first-order chi connectivity index (χ1) is 8.04. The number of ether oxygens (including phenoxy) is 2. The third-order valence-corrected chi connectivity index (χ3v) is 2.34. The van der Waals surface area contributed by atoms with E-state index in [1.807, 2.05) is 0 Å². The topological polar surface area (TPSA) is 69.7 Å². The first-order valence-corrected chi connectivity index (χ1v) is 4.81. The van der Waals surface area contributed by atoms with E-state index in [0.29, 0.717) is 17.4 Å². The summed E-state index contributed by atoms with van der Waals surface area (Å²) in [7, 11) is 2.41. The summed E-state index contributed by atoms with van der Waals surface area (Å²) in [6, 6.07) is 2.75. The largest absolute Gasteiger partial charge is 0.465 e. The van der Waals surface area contributed by atoms with Crippen LogP contribution in [0.1, 0.15) is 36.6 Å². The van der Waals surface area contributed by atoms with Crippen LogP contribution in [0, 0.1) is 6.92 Å². The minimum atomic E-state index is -0.687. The second-order valence-corrected chi connectivity index (χ2v) is 3.36. The first-order valence-electron chi connectivity index (χ1n) is 4.81. The van der Waals surface area contributed by atoms with Crippen LogP contribution in [0.3, 0.4) is 0 Å². The zero-order valence-corrected chi connectivity index (χ0v) is 9.77. The van der Waals surface area contributed by atoms with Crippen LogP contribution in [0.25, 0.3) is 0 Å². The van der Waals surface area contributed by atoms with Crippen molar-refractivity contribution in [1.29, 1.82) is 0 Å². The normalized spacial score (nSPS) is 9.59. The Morgan fingerprint density at radius 1 is 1.06 bits per heavy atom. The number of aldehydes is 1. The molecule has 0 radical (unpaired) electrons. The maximum absolute atomic E-state index is 11.5. The zero-order valence-electron chi connectivity index (χ0n) is 9.77. The summed E-state index contributed by atoms with van der Waals surface area (Å²) in [6.07, 6.45) is 0.614. The summed E-state index contributed by atoms with van der Waals surface area (Å²) < 4.78 is 9.11. The van der Waals surface area contributed by atoms with E-state index in [2.05, 4.69) is 9.47 Å². The molecule has 90 valence electrons. The molecule has 1 rings (SSSR count). The fourth-order valence-corrected chi connectivity index (χ4v) is 1.41. The summed E-state index contributed by atoms with van der Waals surface area (Å²) in [4.78, 5) is 33.7. The molecule has 0 bridgehead atoms. The maximum Gasteiger partial charge on any atom is 0.338 e. The maximum atomic E-state index is 11.5. The highest BCUT2D eigenvalue weighted by Gasteiger charge is 2.20. The fourth-order valence-electron chi connectivity index (χ4n) is 1.41. The van der Waals surface area contributed by atoms with Crippen LogP contribution in [0.2, 0.25) is 0 Å². The van der Waals surface area contributed by atoms with Crippen LogP contribution >= 0.6 is 0 Å². The quantitative estimate of drug-likeness (QED) is 0.585. The summed E-state index contributed by atoms with van der Waals surface area (Å²) in [6.45, 7) is 1.66. The molecule has 0 aliphatic carbocycles. The van der Waals surface area contributed by atoms with E-state index >= 15 is 0 Å². The second kappa shape index (κ2) is 5.25. The van der Waals surface area contributed by atoms with Gasteiger partial charge in [-0.05, 0) is 24.6 Å². The van der Waals surface area contributed by atoms with E-state index in [9.17, 15) is 14.4 Å². The Kier molecular flexibility index (Phi) is 3.98. The molecule has 1 aromatic rings. The van der Waals surface area contributed by atoms with Crippen molar-refractivity contribution >= 4 is 18.2 Å². The molecule has 0 aliphatic rings. The predicted octanol–water partition coefficient (Wildman–Crippen LogP) is 1.38. The van der Waals surface area contributed by atoms with Gasteiger partial charge in [-0.15, -0.1) is 0 Å². The van der Waals surface area contributed by atoms with Gasteiger partial charge >= 0.3 is 11.9 Å². The van der Waals surface area contributed by atoms with Gasteiger partial charge in [0, 0.05) is 5.56 Å². The molecule has 0 atom stereocenters. The third-order valence-electron chi connectivity index (χ3n) is 2.34. The number of benzene rings is 1. The van der Waals surface area contributed by atoms with Gasteiger partial charge in [-0.2, -0.15) is 0 Å². The molecule has 0 amide bonds. The number of esters is 2. The fraction of sp³-hybridized carbons (Fsp3) is 0.250. The van der Waals surface area contributed by atoms with E-state index in [-0.39, 0.29) is 11.1 Å². The van der Waals surface area contributed by atoms with Gasteiger partial charge in [0.25, 0.3) is 0 Å². The Morgan fingerprint density at radius 3 is 1.94 bits per heavy atom. The van der Waals surface area contributed by atoms with Crippen LogP contribution in [-0.2, 0) is 9.47 Å². The SMILES string of the molecule is COC(=O)c1cc(C)c(C=O)cc1C(=O)OC. The first kappa shape index (κ1) is 12.9. The number of carbonyl (C=O) groups excluding carboxylic acids is 3. The molecule has 0 saturated heterocycles. The van der Waals surface area contributed by atoms with E-state index < -0.39 is 11.9 Å². The molecule has 0 N–H and O–H groups in total. The number of rotatable bonds is 3. The van der Waals surface area contributed by atoms with Crippen molar-refractivity contribution in [3.63, 3.8) is 0 Å². The highest BCUT2D eigenvalue weighted by Crippen LogP contribution is 2.17. The van der Waals surface area contributed by atoms with Crippen molar-refractivity contribution in [3.8, 4) is 0 Å². The van der Waals surface area contributed by atoms with E-state index in [1.165, 1.54) is 26.4 Å². The Bertz CT molecular complexity index is 476. The second-order valence-electron chi connectivity index (χ2n) is 3.36. The van der Waals surface area contributed by atoms with Crippen LogP contribution < -0.4 is 0 Å². The van der Waals surface area contributed by atoms with Gasteiger partial charge in [-0.25, -0.2) is 9.59 Å². The highest BCUT2D eigenvalue weighted by molar-refractivity contribution is 6.04. The molecule has 0 unspecified atom stereocenters. The van der Waals surface area contributed by atoms with Crippen LogP contribution in [0.4, 0.5) is 0 Å². The van der Waals surface area contributed by atoms with Gasteiger partial charge < -0.3 is 9.47 Å². The highest BCUT2D eigenvalue weighted by atomic mass is 16.5. The summed E-state index contributed by atoms with van der Waals surface area (Å²) in [5.74, 6) is -1.33. The molecule has 17 heavy (non-hydrogen) atoms. The van der Waals surface area contributed by atoms with Gasteiger partial charge in [0.05, 0.1) is 25.3 Å². The number of methoxy groups -OCH3 is 2. The van der Waals surface area contributed by atoms with Crippen molar-refractivity contribution in [3.05, 3.63) is 34.4 Å². The molecule has 5 heteroatoms. The van der Waals surface area contributed by atoms with Gasteiger partial charge in [0.1, 0.15) is 6.29 Å². The number of carbonyl (C=O) groups is 3. The molecular formula is C12H12O5. The van der Waals surface area contributed by atoms with Crippen LogP contribution in [-0.4, -0.2) is 32.4 Å². The molecule has 0 heterocycles. The average Bonchev–Trinajstić information content (AvgIpc) is 2.36. The van der Waals surface area contributed by atoms with Crippen molar-refractivity contribution in [2.24, 2.45) is 0 Å². The van der Waals surface area contributed by atoms with Crippen LogP contribution in [0.15, 0.2) is 12.1 Å². The Labute approximate surface area is 98.3 Å². The molecule has 0 aromatic heterocycles. The monoisotopic (exact) mass is 236 g/mol. The predicted molar refractivity (Wildman–Crippen MR) is 59.2 cm³/mol. The average molecular weight is 236 g/mol. The lowest BCUT2D eigenvalue weighted by Crippen LogP contribution is -2.13. The Hall–Kier alpha value is -2.17. The zero-order chi connectivity index (χ0) is 13.0. The van der Waals surface area contributed by atoms with Gasteiger partial charge in [0.15, 0.2) is 0 Å². The summed E-state index contributed by atoms with van der Waals surface area (Å²) in [5, 5.41) is 0. The van der Waals surface area contributed by atoms with E-state index in [4.69, 9.17) is 0 Å². The molecule has 1 aromatic carbocycles. The lowest BCUT2D eigenvalue weighted by Gasteiger charge is -2.09.